The lowest BCUT2D eigenvalue weighted by molar-refractivity contribution is 0.0643. The molecule has 0 saturated carbocycles. The number of nitrogens with one attached hydrogen (secondary N) is 1. The van der Waals surface area contributed by atoms with Crippen LogP contribution in [0.15, 0.2) is 60.7 Å². The molecule has 1 saturated heterocycles. The van der Waals surface area contributed by atoms with Gasteiger partial charge >= 0.3 is 0 Å². The average molecular weight is 347 g/mol. The lowest BCUT2D eigenvalue weighted by atomic mass is 10.2. The molecule has 1 amide bonds. The van der Waals surface area contributed by atoms with E-state index in [1.54, 1.807) is 4.68 Å². The highest BCUT2D eigenvalue weighted by Gasteiger charge is 2.28. The minimum absolute atomic E-state index is 0.120. The summed E-state index contributed by atoms with van der Waals surface area (Å²) in [7, 11) is 0. The lowest BCUT2D eigenvalue weighted by Crippen LogP contribution is -2.52. The summed E-state index contributed by atoms with van der Waals surface area (Å²) in [5, 5.41) is 7.86. The second-order valence-electron chi connectivity index (χ2n) is 6.42. The Morgan fingerprint density at radius 3 is 2.46 bits per heavy atom. The van der Waals surface area contributed by atoms with Crippen LogP contribution in [0.5, 0.6) is 0 Å². The van der Waals surface area contributed by atoms with Gasteiger partial charge in [0, 0.05) is 31.2 Å². The van der Waals surface area contributed by atoms with Crippen molar-refractivity contribution in [3.05, 3.63) is 66.5 Å². The number of hydrogen-bond acceptors (Lipinski definition) is 4. The van der Waals surface area contributed by atoms with Gasteiger partial charge in [-0.15, -0.1) is 5.10 Å². The number of hydrogen-bond donors (Lipinski definition) is 1. The fourth-order valence-corrected chi connectivity index (χ4v) is 3.20. The van der Waals surface area contributed by atoms with Crippen LogP contribution in [0.25, 0.3) is 17.1 Å². The topological polar surface area (TPSA) is 63.1 Å². The van der Waals surface area contributed by atoms with Gasteiger partial charge in [-0.3, -0.25) is 4.79 Å². The first-order chi connectivity index (χ1) is 12.7. The lowest BCUT2D eigenvalue weighted by Gasteiger charge is -2.33. The van der Waals surface area contributed by atoms with Crippen LogP contribution < -0.4 is 5.32 Å². The predicted molar refractivity (Wildman–Crippen MR) is 100 cm³/mol. The molecule has 26 heavy (non-hydrogen) atoms. The van der Waals surface area contributed by atoms with Crippen LogP contribution >= 0.6 is 0 Å². The zero-order valence-electron chi connectivity index (χ0n) is 14.7. The van der Waals surface area contributed by atoms with Crippen molar-refractivity contribution in [1.82, 2.24) is 25.0 Å². The molecule has 0 unspecified atom stereocenters. The first-order valence-electron chi connectivity index (χ1n) is 8.83. The molecular weight excluding hydrogens is 326 g/mol. The van der Waals surface area contributed by atoms with E-state index in [4.69, 9.17) is 0 Å². The van der Waals surface area contributed by atoms with Crippen LogP contribution in [0.2, 0.25) is 0 Å². The molecule has 1 N–H and O–H groups in total. The summed E-state index contributed by atoms with van der Waals surface area (Å²) < 4.78 is 1.75. The molecule has 1 aliphatic rings. The first-order valence-corrected chi connectivity index (χ1v) is 8.83. The molecule has 1 aliphatic heterocycles. The van der Waals surface area contributed by atoms with Crippen LogP contribution in [0.1, 0.15) is 17.5 Å². The number of carbonyl (C=O) groups excluding carboxylic acids is 1. The van der Waals surface area contributed by atoms with Crippen LogP contribution in [0.3, 0.4) is 0 Å². The summed E-state index contributed by atoms with van der Waals surface area (Å²) >= 11 is 0. The van der Waals surface area contributed by atoms with Gasteiger partial charge < -0.3 is 10.2 Å². The standard InChI is InChI=1S/C20H21N5O/c1-15-14-21-12-13-24(15)20(26)18-22-19(16-8-4-2-5-9-16)25(23-18)17-10-6-3-7-11-17/h2-11,15,21H,12-14H2,1H3/t15-/m0/s1. The Hall–Kier alpha value is -2.99. The second kappa shape index (κ2) is 7.09. The average Bonchev–Trinajstić information content (AvgIpc) is 3.15. The molecule has 1 fully saturated rings. The van der Waals surface area contributed by atoms with Gasteiger partial charge in [-0.1, -0.05) is 48.5 Å². The van der Waals surface area contributed by atoms with Crippen molar-refractivity contribution >= 4 is 5.91 Å². The fourth-order valence-electron chi connectivity index (χ4n) is 3.20. The van der Waals surface area contributed by atoms with E-state index in [1.165, 1.54) is 0 Å². The molecule has 2 aromatic carbocycles. The minimum Gasteiger partial charge on any atom is -0.331 e. The van der Waals surface area contributed by atoms with E-state index < -0.39 is 0 Å². The number of benzene rings is 2. The number of carbonyl (C=O) groups is 1. The molecule has 6 nitrogen and oxygen atoms in total. The SMILES string of the molecule is C[C@H]1CNCCN1C(=O)c1nc(-c2ccccc2)n(-c2ccccc2)n1. The molecule has 0 radical (unpaired) electrons. The number of amides is 1. The molecule has 1 atom stereocenters. The summed E-state index contributed by atoms with van der Waals surface area (Å²) in [5.41, 5.74) is 1.81. The maximum absolute atomic E-state index is 13.0. The molecular formula is C20H21N5O. The van der Waals surface area contributed by atoms with Gasteiger partial charge in [0.25, 0.3) is 5.91 Å². The van der Waals surface area contributed by atoms with Gasteiger partial charge in [-0.05, 0) is 19.1 Å². The predicted octanol–water partition coefficient (Wildman–Crippen LogP) is 2.37. The summed E-state index contributed by atoms with van der Waals surface area (Å²) in [6, 6.07) is 19.7. The molecule has 2 heterocycles. The smallest absolute Gasteiger partial charge is 0.293 e. The van der Waals surface area contributed by atoms with Crippen molar-refractivity contribution in [1.29, 1.82) is 0 Å². The monoisotopic (exact) mass is 347 g/mol. The number of aromatic nitrogens is 3. The second-order valence-corrected chi connectivity index (χ2v) is 6.42. The highest BCUT2D eigenvalue weighted by Crippen LogP contribution is 2.22. The molecule has 6 heteroatoms. The molecule has 4 rings (SSSR count). The normalized spacial score (nSPS) is 17.3. The third-order valence-corrected chi connectivity index (χ3v) is 4.59. The Balaban J connectivity index is 1.77. The number of para-hydroxylation sites is 1. The summed E-state index contributed by atoms with van der Waals surface area (Å²) in [4.78, 5) is 19.4. The van der Waals surface area contributed by atoms with Crippen LogP contribution in [0.4, 0.5) is 0 Å². The van der Waals surface area contributed by atoms with E-state index in [9.17, 15) is 4.79 Å². The van der Waals surface area contributed by atoms with Crippen molar-refractivity contribution in [2.24, 2.45) is 0 Å². The molecule has 3 aromatic rings. The van der Waals surface area contributed by atoms with Gasteiger partial charge in [0.15, 0.2) is 5.82 Å². The van der Waals surface area contributed by atoms with Crippen LogP contribution in [-0.4, -0.2) is 51.2 Å². The van der Waals surface area contributed by atoms with E-state index in [2.05, 4.69) is 15.4 Å². The van der Waals surface area contributed by atoms with Gasteiger partial charge in [-0.25, -0.2) is 9.67 Å². The van der Waals surface area contributed by atoms with Crippen LogP contribution in [-0.2, 0) is 0 Å². The quantitative estimate of drug-likeness (QED) is 0.790. The Labute approximate surface area is 152 Å². The van der Waals surface area contributed by atoms with Crippen molar-refractivity contribution in [2.45, 2.75) is 13.0 Å². The van der Waals surface area contributed by atoms with E-state index in [-0.39, 0.29) is 17.8 Å². The molecule has 0 aliphatic carbocycles. The minimum atomic E-state index is -0.120. The van der Waals surface area contributed by atoms with Gasteiger partial charge in [0.1, 0.15) is 0 Å². The highest BCUT2D eigenvalue weighted by atomic mass is 16.2. The summed E-state index contributed by atoms with van der Waals surface area (Å²) in [6.07, 6.45) is 0. The number of rotatable bonds is 3. The Kier molecular flexibility index (Phi) is 4.50. The van der Waals surface area contributed by atoms with Crippen molar-refractivity contribution < 1.29 is 4.79 Å². The third-order valence-electron chi connectivity index (χ3n) is 4.59. The fraction of sp³-hybridized carbons (Fsp3) is 0.250. The highest BCUT2D eigenvalue weighted by molar-refractivity contribution is 5.91. The summed E-state index contributed by atoms with van der Waals surface area (Å²) in [5.74, 6) is 0.787. The van der Waals surface area contributed by atoms with Crippen molar-refractivity contribution in [3.63, 3.8) is 0 Å². The van der Waals surface area contributed by atoms with E-state index in [0.717, 1.165) is 24.3 Å². The van der Waals surface area contributed by atoms with Gasteiger partial charge in [0.2, 0.25) is 5.82 Å². The Morgan fingerprint density at radius 2 is 1.77 bits per heavy atom. The zero-order valence-corrected chi connectivity index (χ0v) is 14.7. The van der Waals surface area contributed by atoms with Gasteiger partial charge in [-0.2, -0.15) is 0 Å². The number of piperazine rings is 1. The summed E-state index contributed by atoms with van der Waals surface area (Å²) in [6.45, 7) is 4.29. The molecule has 0 spiro atoms. The zero-order chi connectivity index (χ0) is 17.9. The van der Waals surface area contributed by atoms with E-state index in [0.29, 0.717) is 12.4 Å². The third kappa shape index (κ3) is 3.11. The Bertz CT molecular complexity index is 834. The number of nitrogens with zero attached hydrogens (tertiary/aromatic N) is 4. The van der Waals surface area contributed by atoms with Crippen molar-refractivity contribution in [3.8, 4) is 17.1 Å². The van der Waals surface area contributed by atoms with Crippen molar-refractivity contribution in [2.75, 3.05) is 19.6 Å². The molecule has 0 bridgehead atoms. The van der Waals surface area contributed by atoms with Crippen LogP contribution in [0, 0.1) is 0 Å². The van der Waals surface area contributed by atoms with E-state index in [1.807, 2.05) is 72.5 Å². The Morgan fingerprint density at radius 1 is 1.08 bits per heavy atom. The maximum Gasteiger partial charge on any atom is 0.293 e. The first kappa shape index (κ1) is 16.5. The van der Waals surface area contributed by atoms with E-state index >= 15 is 0 Å². The molecule has 1 aromatic heterocycles. The largest absolute Gasteiger partial charge is 0.331 e. The maximum atomic E-state index is 13.0. The molecule has 132 valence electrons. The van der Waals surface area contributed by atoms with Gasteiger partial charge in [0.05, 0.1) is 5.69 Å².